The lowest BCUT2D eigenvalue weighted by molar-refractivity contribution is -0.132. The monoisotopic (exact) mass is 463 g/mol. The van der Waals surface area contributed by atoms with Crippen LogP contribution in [-0.4, -0.2) is 22.3 Å². The van der Waals surface area contributed by atoms with Gasteiger partial charge in [-0.3, -0.25) is 9.78 Å². The Morgan fingerprint density at radius 3 is 2.37 bits per heavy atom. The third kappa shape index (κ3) is 5.71. The van der Waals surface area contributed by atoms with E-state index in [0.717, 1.165) is 34.1 Å². The molecule has 1 heterocycles. The first-order valence-corrected chi connectivity index (χ1v) is 11.3. The summed E-state index contributed by atoms with van der Waals surface area (Å²) in [5.41, 5.74) is 5.82. The molecule has 35 heavy (non-hydrogen) atoms. The number of carbonyl (C=O) groups excluding carboxylic acids is 1. The average molecular weight is 464 g/mol. The number of aliphatic carboxylic acids is 1. The van der Waals surface area contributed by atoms with Crippen molar-refractivity contribution in [3.8, 4) is 28.0 Å². The summed E-state index contributed by atoms with van der Waals surface area (Å²) in [5.74, 6) is -0.332. The number of benzene rings is 3. The zero-order valence-corrected chi connectivity index (χ0v) is 19.3. The van der Waals surface area contributed by atoms with E-state index in [1.807, 2.05) is 85.8 Å². The molecule has 0 amide bonds. The Morgan fingerprint density at radius 1 is 0.914 bits per heavy atom. The van der Waals surface area contributed by atoms with Gasteiger partial charge in [0.1, 0.15) is 12.4 Å². The molecule has 0 bridgehead atoms. The highest BCUT2D eigenvalue weighted by atomic mass is 16.5. The summed E-state index contributed by atoms with van der Waals surface area (Å²) in [6.45, 7) is 2.21. The van der Waals surface area contributed by atoms with E-state index in [4.69, 9.17) is 4.74 Å². The van der Waals surface area contributed by atoms with E-state index in [-0.39, 0.29) is 5.57 Å². The zero-order valence-electron chi connectivity index (χ0n) is 19.3. The van der Waals surface area contributed by atoms with Crippen LogP contribution in [0.15, 0.2) is 96.8 Å². The Kier molecular flexibility index (Phi) is 7.48. The fourth-order valence-electron chi connectivity index (χ4n) is 3.87. The third-order valence-corrected chi connectivity index (χ3v) is 5.72. The van der Waals surface area contributed by atoms with Gasteiger partial charge in [0, 0.05) is 29.1 Å². The normalized spacial score (nSPS) is 11.2. The van der Waals surface area contributed by atoms with Crippen molar-refractivity contribution < 1.29 is 19.4 Å². The molecule has 1 aromatic heterocycles. The van der Waals surface area contributed by atoms with Crippen LogP contribution in [0.5, 0.6) is 5.75 Å². The summed E-state index contributed by atoms with van der Waals surface area (Å²) in [6, 6.07) is 24.8. The van der Waals surface area contributed by atoms with E-state index >= 15 is 0 Å². The summed E-state index contributed by atoms with van der Waals surface area (Å²) in [4.78, 5) is 27.8. The molecule has 174 valence electrons. The molecule has 1 N–H and O–H groups in total. The number of hydrogen-bond acceptors (Lipinski definition) is 4. The number of carboxylic acid groups (broad SMARTS) is 1. The topological polar surface area (TPSA) is 76.5 Å². The van der Waals surface area contributed by atoms with Gasteiger partial charge in [0.15, 0.2) is 6.29 Å². The maximum Gasteiger partial charge on any atom is 0.331 e. The molecule has 0 saturated heterocycles. The molecular formula is C30H25NO4. The van der Waals surface area contributed by atoms with Crippen LogP contribution in [-0.2, 0) is 11.4 Å². The molecule has 0 aliphatic carbocycles. The van der Waals surface area contributed by atoms with Gasteiger partial charge >= 0.3 is 5.97 Å². The van der Waals surface area contributed by atoms with Crippen LogP contribution in [0.1, 0.15) is 34.8 Å². The maximum absolute atomic E-state index is 11.9. The molecule has 3 aromatic carbocycles. The van der Waals surface area contributed by atoms with E-state index in [2.05, 4.69) is 4.98 Å². The Labute approximate surface area is 204 Å². The predicted octanol–water partition coefficient (Wildman–Crippen LogP) is 6.69. The highest BCUT2D eigenvalue weighted by molar-refractivity contribution is 5.95. The van der Waals surface area contributed by atoms with Crippen molar-refractivity contribution in [3.05, 3.63) is 114 Å². The molecule has 0 saturated carbocycles. The minimum Gasteiger partial charge on any atom is -0.489 e. The first-order chi connectivity index (χ1) is 17.1. The van der Waals surface area contributed by atoms with E-state index in [1.54, 1.807) is 18.5 Å². The average Bonchev–Trinajstić information content (AvgIpc) is 2.91. The van der Waals surface area contributed by atoms with E-state index in [1.165, 1.54) is 0 Å². The molecule has 4 aromatic rings. The number of pyridine rings is 1. The molecule has 0 radical (unpaired) electrons. The van der Waals surface area contributed by atoms with E-state index < -0.39 is 5.97 Å². The second-order valence-corrected chi connectivity index (χ2v) is 8.01. The summed E-state index contributed by atoms with van der Waals surface area (Å²) in [7, 11) is 0. The number of nitrogens with zero attached hydrogens (tertiary/aromatic N) is 1. The first-order valence-electron chi connectivity index (χ1n) is 11.3. The molecular weight excluding hydrogens is 438 g/mol. The summed E-state index contributed by atoms with van der Waals surface area (Å²) in [6.07, 6.45) is 6.28. The summed E-state index contributed by atoms with van der Waals surface area (Å²) < 4.78 is 5.98. The SMILES string of the molecule is CC/C(=C\c1cc(OCc2ccccc2)ccc1-c1ccc(-c2cccnc2)c(C=O)c1)C(=O)O. The second-order valence-electron chi connectivity index (χ2n) is 8.01. The predicted molar refractivity (Wildman–Crippen MR) is 137 cm³/mol. The molecule has 4 rings (SSSR count). The third-order valence-electron chi connectivity index (χ3n) is 5.72. The lowest BCUT2D eigenvalue weighted by Crippen LogP contribution is -2.00. The Bertz CT molecular complexity index is 1360. The number of aldehydes is 1. The van der Waals surface area contributed by atoms with Crippen molar-refractivity contribution in [1.82, 2.24) is 4.98 Å². The molecule has 5 nitrogen and oxygen atoms in total. The number of aromatic nitrogens is 1. The smallest absolute Gasteiger partial charge is 0.331 e. The van der Waals surface area contributed by atoms with Crippen molar-refractivity contribution in [2.24, 2.45) is 0 Å². The van der Waals surface area contributed by atoms with Gasteiger partial charge in [0.05, 0.1) is 0 Å². The zero-order chi connectivity index (χ0) is 24.6. The fourth-order valence-corrected chi connectivity index (χ4v) is 3.87. The van der Waals surface area contributed by atoms with Gasteiger partial charge in [-0.15, -0.1) is 0 Å². The lowest BCUT2D eigenvalue weighted by atomic mass is 9.93. The minimum absolute atomic E-state index is 0.286. The number of carboxylic acids is 1. The molecule has 0 atom stereocenters. The molecule has 0 unspecified atom stereocenters. The highest BCUT2D eigenvalue weighted by Crippen LogP contribution is 2.33. The number of rotatable bonds is 9. The van der Waals surface area contributed by atoms with Gasteiger partial charge in [-0.2, -0.15) is 0 Å². The van der Waals surface area contributed by atoms with Gasteiger partial charge in [0.25, 0.3) is 0 Å². The van der Waals surface area contributed by atoms with Crippen LogP contribution < -0.4 is 4.74 Å². The molecule has 0 fully saturated rings. The number of ether oxygens (including phenoxy) is 1. The maximum atomic E-state index is 11.9. The first kappa shape index (κ1) is 23.6. The van der Waals surface area contributed by atoms with Crippen LogP contribution in [0, 0.1) is 0 Å². The fraction of sp³-hybridized carbons (Fsp3) is 0.100. The largest absolute Gasteiger partial charge is 0.489 e. The van der Waals surface area contributed by atoms with Crippen molar-refractivity contribution in [1.29, 1.82) is 0 Å². The van der Waals surface area contributed by atoms with Gasteiger partial charge in [-0.1, -0.05) is 61.5 Å². The number of hydrogen-bond donors (Lipinski definition) is 1. The van der Waals surface area contributed by atoms with Crippen molar-refractivity contribution >= 4 is 18.3 Å². The van der Waals surface area contributed by atoms with Crippen LogP contribution in [0.2, 0.25) is 0 Å². The highest BCUT2D eigenvalue weighted by Gasteiger charge is 2.13. The van der Waals surface area contributed by atoms with Crippen molar-refractivity contribution in [2.75, 3.05) is 0 Å². The van der Waals surface area contributed by atoms with Crippen molar-refractivity contribution in [3.63, 3.8) is 0 Å². The molecule has 0 spiro atoms. The standard InChI is InChI=1S/C30H25NO4/c1-2-22(30(33)34)15-25-17-27(35-20-21-7-4-3-5-8-21)11-13-28(25)23-10-12-29(26(16-23)19-32)24-9-6-14-31-18-24/h3-19H,2,20H2,1H3,(H,33,34)/b22-15+. The van der Waals surface area contributed by atoms with Crippen molar-refractivity contribution in [2.45, 2.75) is 20.0 Å². The molecule has 5 heteroatoms. The minimum atomic E-state index is -0.963. The van der Waals surface area contributed by atoms with Gasteiger partial charge in [-0.05, 0) is 64.6 Å². The Hall–Kier alpha value is -4.51. The van der Waals surface area contributed by atoms with Crippen LogP contribution >= 0.6 is 0 Å². The van der Waals surface area contributed by atoms with Gasteiger partial charge in [0.2, 0.25) is 0 Å². The Morgan fingerprint density at radius 2 is 1.69 bits per heavy atom. The molecule has 0 aliphatic rings. The van der Waals surface area contributed by atoms with Crippen LogP contribution in [0.25, 0.3) is 28.3 Å². The lowest BCUT2D eigenvalue weighted by Gasteiger charge is -2.14. The Balaban J connectivity index is 1.75. The van der Waals surface area contributed by atoms with Crippen LogP contribution in [0.3, 0.4) is 0 Å². The summed E-state index contributed by atoms with van der Waals surface area (Å²) in [5, 5.41) is 9.61. The van der Waals surface area contributed by atoms with E-state index in [9.17, 15) is 14.7 Å². The van der Waals surface area contributed by atoms with Gasteiger partial charge in [-0.25, -0.2) is 4.79 Å². The summed E-state index contributed by atoms with van der Waals surface area (Å²) >= 11 is 0. The van der Waals surface area contributed by atoms with Crippen LogP contribution in [0.4, 0.5) is 0 Å². The quantitative estimate of drug-likeness (QED) is 0.221. The number of carbonyl (C=O) groups is 2. The second kappa shape index (κ2) is 11.1. The van der Waals surface area contributed by atoms with Gasteiger partial charge < -0.3 is 9.84 Å². The van der Waals surface area contributed by atoms with E-state index in [0.29, 0.717) is 29.9 Å². The molecule has 0 aliphatic heterocycles.